The van der Waals surface area contributed by atoms with E-state index in [1.54, 1.807) is 0 Å². The minimum Gasteiger partial charge on any atom is -0.396 e. The lowest BCUT2D eigenvalue weighted by atomic mass is 9.86. The quantitative estimate of drug-likeness (QED) is 0.740. The predicted molar refractivity (Wildman–Crippen MR) is 85.0 cm³/mol. The maximum atomic E-state index is 12.3. The van der Waals surface area contributed by atoms with Crippen molar-refractivity contribution in [2.75, 3.05) is 26.2 Å². The van der Waals surface area contributed by atoms with Gasteiger partial charge in [-0.3, -0.25) is 0 Å². The van der Waals surface area contributed by atoms with E-state index in [4.69, 9.17) is 5.11 Å². The molecule has 0 saturated carbocycles. The molecule has 2 N–H and O–H groups in total. The third-order valence-electron chi connectivity index (χ3n) is 4.79. The van der Waals surface area contributed by atoms with Gasteiger partial charge >= 0.3 is 6.03 Å². The second kappa shape index (κ2) is 7.83. The normalized spacial score (nSPS) is 26.0. The summed E-state index contributed by atoms with van der Waals surface area (Å²) in [7, 11) is 0. The average molecular weight is 294 g/mol. The molecule has 0 aromatic heterocycles. The highest BCUT2D eigenvalue weighted by atomic mass is 16.3. The van der Waals surface area contributed by atoms with Gasteiger partial charge in [0.05, 0.1) is 0 Å². The summed E-state index contributed by atoms with van der Waals surface area (Å²) in [5.41, 5.74) is 0. The Morgan fingerprint density at radius 2 is 1.90 bits per heavy atom. The zero-order valence-corrected chi connectivity index (χ0v) is 13.4. The zero-order chi connectivity index (χ0) is 15.2. The Hall–Kier alpha value is -1.03. The monoisotopic (exact) mass is 294 g/mol. The maximum absolute atomic E-state index is 12.3. The smallest absolute Gasteiger partial charge is 0.317 e. The number of rotatable bonds is 6. The number of carbonyl (C=O) groups is 1. The van der Waals surface area contributed by atoms with Gasteiger partial charge in [-0.05, 0) is 49.4 Å². The summed E-state index contributed by atoms with van der Waals surface area (Å²) in [5.74, 6) is 2.29. The fraction of sp³-hybridized carbons (Fsp3) is 0.824. The molecule has 2 amide bonds. The number of aliphatic hydroxyl groups excluding tert-OH is 1. The Morgan fingerprint density at radius 3 is 2.43 bits per heavy atom. The second-order valence-corrected chi connectivity index (χ2v) is 7.06. The van der Waals surface area contributed by atoms with E-state index in [0.717, 1.165) is 38.8 Å². The summed E-state index contributed by atoms with van der Waals surface area (Å²) >= 11 is 0. The van der Waals surface area contributed by atoms with Crippen molar-refractivity contribution in [3.8, 4) is 0 Å². The first kappa shape index (κ1) is 16.3. The first-order valence-electron chi connectivity index (χ1n) is 8.38. The van der Waals surface area contributed by atoms with Gasteiger partial charge < -0.3 is 15.3 Å². The number of amides is 2. The van der Waals surface area contributed by atoms with Crippen molar-refractivity contribution in [3.63, 3.8) is 0 Å². The molecule has 21 heavy (non-hydrogen) atoms. The number of nitrogens with zero attached hydrogens (tertiary/aromatic N) is 1. The lowest BCUT2D eigenvalue weighted by Gasteiger charge is -2.22. The number of carbonyl (C=O) groups excluding carboxylic acids is 1. The van der Waals surface area contributed by atoms with E-state index in [0.29, 0.717) is 30.2 Å². The van der Waals surface area contributed by atoms with Crippen molar-refractivity contribution in [2.24, 2.45) is 23.7 Å². The van der Waals surface area contributed by atoms with Crippen LogP contribution in [0.15, 0.2) is 12.2 Å². The Morgan fingerprint density at radius 1 is 1.29 bits per heavy atom. The van der Waals surface area contributed by atoms with Gasteiger partial charge in [0, 0.05) is 26.2 Å². The molecule has 0 radical (unpaired) electrons. The fourth-order valence-corrected chi connectivity index (χ4v) is 3.68. The van der Waals surface area contributed by atoms with E-state index >= 15 is 0 Å². The number of likely N-dealkylation sites (tertiary alicyclic amines) is 1. The molecule has 2 aliphatic rings. The molecule has 1 saturated heterocycles. The van der Waals surface area contributed by atoms with Gasteiger partial charge in [0.15, 0.2) is 0 Å². The van der Waals surface area contributed by atoms with Crippen LogP contribution < -0.4 is 5.32 Å². The van der Waals surface area contributed by atoms with Crippen LogP contribution in [0.1, 0.15) is 39.5 Å². The molecule has 1 aliphatic carbocycles. The van der Waals surface area contributed by atoms with Crippen LogP contribution in [0.5, 0.6) is 0 Å². The minimum absolute atomic E-state index is 0.0797. The van der Waals surface area contributed by atoms with Crippen LogP contribution in [0.4, 0.5) is 4.79 Å². The number of fused-ring (bicyclic) bond motifs is 1. The van der Waals surface area contributed by atoms with E-state index < -0.39 is 0 Å². The predicted octanol–water partition coefficient (Wildman–Crippen LogP) is 2.64. The summed E-state index contributed by atoms with van der Waals surface area (Å²) in [5, 5.41) is 12.2. The number of nitrogens with one attached hydrogen (secondary N) is 1. The Balaban J connectivity index is 1.76. The Labute approximate surface area is 128 Å². The molecule has 2 rings (SSSR count). The topological polar surface area (TPSA) is 52.6 Å². The number of hydrogen-bond acceptors (Lipinski definition) is 2. The van der Waals surface area contributed by atoms with Crippen molar-refractivity contribution < 1.29 is 9.90 Å². The maximum Gasteiger partial charge on any atom is 0.317 e. The molecule has 1 aliphatic heterocycles. The standard InChI is InChI=1S/C17H30N2O2/c1-13(2)9-14(7-8-20)10-18-17(21)19-11-15-5-3-4-6-16(15)12-19/h3-4,13-16,20H,5-12H2,1-2H3,(H,18,21). The molecule has 0 bridgehead atoms. The van der Waals surface area contributed by atoms with Crippen LogP contribution >= 0.6 is 0 Å². The Kier molecular flexibility index (Phi) is 6.09. The van der Waals surface area contributed by atoms with Gasteiger partial charge in [-0.2, -0.15) is 0 Å². The molecular formula is C17H30N2O2. The lowest BCUT2D eigenvalue weighted by Crippen LogP contribution is -2.41. The van der Waals surface area contributed by atoms with E-state index in [1.165, 1.54) is 0 Å². The first-order valence-corrected chi connectivity index (χ1v) is 8.38. The van der Waals surface area contributed by atoms with Crippen molar-refractivity contribution >= 4 is 6.03 Å². The zero-order valence-electron chi connectivity index (χ0n) is 13.4. The van der Waals surface area contributed by atoms with E-state index in [2.05, 4.69) is 31.3 Å². The summed E-state index contributed by atoms with van der Waals surface area (Å²) in [6, 6.07) is 0.0797. The molecule has 120 valence electrons. The van der Waals surface area contributed by atoms with Crippen LogP contribution in [0.3, 0.4) is 0 Å². The van der Waals surface area contributed by atoms with E-state index in [-0.39, 0.29) is 12.6 Å². The third-order valence-corrected chi connectivity index (χ3v) is 4.79. The molecule has 0 aromatic rings. The second-order valence-electron chi connectivity index (χ2n) is 7.06. The molecule has 4 nitrogen and oxygen atoms in total. The number of urea groups is 1. The van der Waals surface area contributed by atoms with Crippen molar-refractivity contribution in [3.05, 3.63) is 12.2 Å². The molecule has 3 atom stereocenters. The van der Waals surface area contributed by atoms with Gasteiger partial charge in [0.1, 0.15) is 0 Å². The minimum atomic E-state index is 0.0797. The molecule has 3 unspecified atom stereocenters. The lowest BCUT2D eigenvalue weighted by molar-refractivity contribution is 0.198. The third kappa shape index (κ3) is 4.73. The average Bonchev–Trinajstić information content (AvgIpc) is 2.88. The van der Waals surface area contributed by atoms with Crippen molar-refractivity contribution in [2.45, 2.75) is 39.5 Å². The summed E-state index contributed by atoms with van der Waals surface area (Å²) in [6.07, 6.45) is 8.57. The highest BCUT2D eigenvalue weighted by molar-refractivity contribution is 5.74. The molecule has 0 spiro atoms. The number of allylic oxidation sites excluding steroid dienone is 2. The van der Waals surface area contributed by atoms with Crippen LogP contribution in [-0.2, 0) is 0 Å². The largest absolute Gasteiger partial charge is 0.396 e. The highest BCUT2D eigenvalue weighted by Crippen LogP contribution is 2.32. The van der Waals surface area contributed by atoms with Gasteiger partial charge in [0.2, 0.25) is 0 Å². The summed E-state index contributed by atoms with van der Waals surface area (Å²) in [6.45, 7) is 7.05. The van der Waals surface area contributed by atoms with Crippen LogP contribution in [0.25, 0.3) is 0 Å². The van der Waals surface area contributed by atoms with E-state index in [1.807, 2.05) is 4.90 Å². The SMILES string of the molecule is CC(C)CC(CCO)CNC(=O)N1CC2CC=CCC2C1. The van der Waals surface area contributed by atoms with Crippen molar-refractivity contribution in [1.82, 2.24) is 10.2 Å². The summed E-state index contributed by atoms with van der Waals surface area (Å²) < 4.78 is 0. The van der Waals surface area contributed by atoms with E-state index in [9.17, 15) is 4.79 Å². The van der Waals surface area contributed by atoms with Gasteiger partial charge in [0.25, 0.3) is 0 Å². The van der Waals surface area contributed by atoms with Gasteiger partial charge in [-0.25, -0.2) is 4.79 Å². The first-order chi connectivity index (χ1) is 10.1. The van der Waals surface area contributed by atoms with Crippen LogP contribution in [0, 0.1) is 23.7 Å². The number of aliphatic hydroxyl groups is 1. The Bertz CT molecular complexity index is 352. The van der Waals surface area contributed by atoms with Gasteiger partial charge in [-0.15, -0.1) is 0 Å². The summed E-state index contributed by atoms with van der Waals surface area (Å²) in [4.78, 5) is 14.3. The van der Waals surface area contributed by atoms with Gasteiger partial charge in [-0.1, -0.05) is 26.0 Å². The molecule has 0 aromatic carbocycles. The molecule has 1 heterocycles. The highest BCUT2D eigenvalue weighted by Gasteiger charge is 2.35. The van der Waals surface area contributed by atoms with Crippen LogP contribution in [0.2, 0.25) is 0 Å². The fourth-order valence-electron chi connectivity index (χ4n) is 3.68. The molecule has 1 fully saturated rings. The number of hydrogen-bond donors (Lipinski definition) is 2. The van der Waals surface area contributed by atoms with Crippen molar-refractivity contribution in [1.29, 1.82) is 0 Å². The molecular weight excluding hydrogens is 264 g/mol. The molecule has 4 heteroatoms. The van der Waals surface area contributed by atoms with Crippen LogP contribution in [-0.4, -0.2) is 42.3 Å².